The molecule has 0 aliphatic rings. The van der Waals surface area contributed by atoms with Crippen LogP contribution >= 0.6 is 0 Å². The predicted molar refractivity (Wildman–Crippen MR) is 99.7 cm³/mol. The van der Waals surface area contributed by atoms with E-state index in [9.17, 15) is 0 Å². The Balaban J connectivity index is 2.06. The van der Waals surface area contributed by atoms with Gasteiger partial charge in [-0.2, -0.15) is 0 Å². The van der Waals surface area contributed by atoms with E-state index in [0.29, 0.717) is 0 Å². The van der Waals surface area contributed by atoms with Gasteiger partial charge >= 0.3 is 0 Å². The van der Waals surface area contributed by atoms with Gasteiger partial charge in [0.25, 0.3) is 0 Å². The molecule has 0 saturated heterocycles. The Kier molecular flexibility index (Phi) is 5.65. The summed E-state index contributed by atoms with van der Waals surface area (Å²) in [6.07, 6.45) is 4.32. The molecule has 0 heterocycles. The van der Waals surface area contributed by atoms with Crippen LogP contribution in [-0.2, 0) is 0 Å². The van der Waals surface area contributed by atoms with Crippen LogP contribution in [0.25, 0.3) is 12.2 Å². The molecule has 0 aliphatic heterocycles. The molecule has 0 amide bonds. The fourth-order valence-electron chi connectivity index (χ4n) is 2.46. The van der Waals surface area contributed by atoms with Gasteiger partial charge in [0.2, 0.25) is 0 Å². The highest BCUT2D eigenvalue weighted by atomic mass is 15.1. The van der Waals surface area contributed by atoms with E-state index in [1.165, 1.54) is 22.5 Å². The van der Waals surface area contributed by atoms with E-state index in [1.807, 2.05) is 0 Å². The SMILES string of the molecule is CCN(CC)c1ccc(C=Cc2ccc(N(C)C)cc2)cc1. The molecular formula is C20H26N2. The molecule has 2 heteroatoms. The molecule has 0 fully saturated rings. The van der Waals surface area contributed by atoms with Gasteiger partial charge in [0.05, 0.1) is 0 Å². The van der Waals surface area contributed by atoms with Gasteiger partial charge in [-0.3, -0.25) is 0 Å². The minimum absolute atomic E-state index is 1.05. The van der Waals surface area contributed by atoms with Crippen molar-refractivity contribution in [3.05, 3.63) is 59.7 Å². The minimum atomic E-state index is 1.05. The average Bonchev–Trinajstić information content (AvgIpc) is 2.55. The van der Waals surface area contributed by atoms with Crippen molar-refractivity contribution in [2.75, 3.05) is 37.0 Å². The second-order valence-corrected chi connectivity index (χ2v) is 5.58. The van der Waals surface area contributed by atoms with Crippen LogP contribution in [0, 0.1) is 0 Å². The van der Waals surface area contributed by atoms with Crippen LogP contribution in [0.1, 0.15) is 25.0 Å². The summed E-state index contributed by atoms with van der Waals surface area (Å²) in [5, 5.41) is 0. The smallest absolute Gasteiger partial charge is 0.0366 e. The lowest BCUT2D eigenvalue weighted by atomic mass is 10.1. The van der Waals surface area contributed by atoms with Crippen molar-refractivity contribution in [1.82, 2.24) is 0 Å². The molecule has 2 nitrogen and oxygen atoms in total. The van der Waals surface area contributed by atoms with Gasteiger partial charge in [0.15, 0.2) is 0 Å². The summed E-state index contributed by atoms with van der Waals surface area (Å²) >= 11 is 0. The average molecular weight is 294 g/mol. The molecule has 22 heavy (non-hydrogen) atoms. The maximum absolute atomic E-state index is 2.35. The summed E-state index contributed by atoms with van der Waals surface area (Å²) in [4.78, 5) is 4.47. The zero-order chi connectivity index (χ0) is 15.9. The second-order valence-electron chi connectivity index (χ2n) is 5.58. The van der Waals surface area contributed by atoms with Gasteiger partial charge in [-0.15, -0.1) is 0 Å². The van der Waals surface area contributed by atoms with E-state index < -0.39 is 0 Å². The van der Waals surface area contributed by atoms with E-state index in [1.54, 1.807) is 0 Å². The summed E-state index contributed by atoms with van der Waals surface area (Å²) in [6, 6.07) is 17.3. The minimum Gasteiger partial charge on any atom is -0.378 e. The number of anilines is 2. The van der Waals surface area contributed by atoms with Crippen molar-refractivity contribution >= 4 is 23.5 Å². The Hall–Kier alpha value is -2.22. The van der Waals surface area contributed by atoms with Gasteiger partial charge in [-0.05, 0) is 49.2 Å². The summed E-state index contributed by atoms with van der Waals surface area (Å²) < 4.78 is 0. The first-order chi connectivity index (χ1) is 10.6. The first-order valence-corrected chi connectivity index (χ1v) is 7.94. The Morgan fingerprint density at radius 2 is 1.09 bits per heavy atom. The van der Waals surface area contributed by atoms with Gasteiger partial charge in [0, 0.05) is 38.6 Å². The summed E-state index contributed by atoms with van der Waals surface area (Å²) in [5.74, 6) is 0. The monoisotopic (exact) mass is 294 g/mol. The summed E-state index contributed by atoms with van der Waals surface area (Å²) in [5.41, 5.74) is 4.96. The molecule has 0 radical (unpaired) electrons. The molecule has 2 aromatic carbocycles. The predicted octanol–water partition coefficient (Wildman–Crippen LogP) is 4.77. The Bertz CT molecular complexity index is 591. The zero-order valence-electron chi connectivity index (χ0n) is 14.1. The molecule has 0 spiro atoms. The lowest BCUT2D eigenvalue weighted by Crippen LogP contribution is -2.21. The Morgan fingerprint density at radius 1 is 0.682 bits per heavy atom. The second kappa shape index (κ2) is 7.69. The van der Waals surface area contributed by atoms with Crippen molar-refractivity contribution in [1.29, 1.82) is 0 Å². The number of benzene rings is 2. The molecule has 2 rings (SSSR count). The Labute approximate surface area is 134 Å². The quantitative estimate of drug-likeness (QED) is 0.708. The molecule has 0 bridgehead atoms. The molecule has 0 unspecified atom stereocenters. The first-order valence-electron chi connectivity index (χ1n) is 7.94. The number of hydrogen-bond donors (Lipinski definition) is 0. The number of nitrogens with zero attached hydrogens (tertiary/aromatic N) is 2. The van der Waals surface area contributed by atoms with Crippen LogP contribution in [-0.4, -0.2) is 27.2 Å². The number of rotatable bonds is 6. The molecule has 2 aromatic rings. The fourth-order valence-corrected chi connectivity index (χ4v) is 2.46. The van der Waals surface area contributed by atoms with E-state index >= 15 is 0 Å². The van der Waals surface area contributed by atoms with E-state index in [-0.39, 0.29) is 0 Å². The van der Waals surface area contributed by atoms with E-state index in [2.05, 4.69) is 98.4 Å². The van der Waals surface area contributed by atoms with Crippen LogP contribution in [0.2, 0.25) is 0 Å². The van der Waals surface area contributed by atoms with E-state index in [4.69, 9.17) is 0 Å². The van der Waals surface area contributed by atoms with E-state index in [0.717, 1.165) is 13.1 Å². The topological polar surface area (TPSA) is 6.48 Å². The highest BCUT2D eigenvalue weighted by Crippen LogP contribution is 2.17. The molecule has 0 aliphatic carbocycles. The Morgan fingerprint density at radius 3 is 1.45 bits per heavy atom. The molecule has 0 saturated carbocycles. The number of hydrogen-bond acceptors (Lipinski definition) is 2. The molecule has 0 aromatic heterocycles. The van der Waals surface area contributed by atoms with Crippen molar-refractivity contribution < 1.29 is 0 Å². The van der Waals surface area contributed by atoms with Gasteiger partial charge in [0.1, 0.15) is 0 Å². The van der Waals surface area contributed by atoms with Crippen molar-refractivity contribution in [2.24, 2.45) is 0 Å². The lowest BCUT2D eigenvalue weighted by Gasteiger charge is -2.20. The normalized spacial score (nSPS) is 10.9. The lowest BCUT2D eigenvalue weighted by molar-refractivity contribution is 0.866. The third kappa shape index (κ3) is 4.14. The maximum atomic E-state index is 2.35. The standard InChI is InChI=1S/C20H26N2/c1-5-22(6-2)20-15-11-18(12-16-20)8-7-17-9-13-19(14-10-17)21(3)4/h7-16H,5-6H2,1-4H3. The summed E-state index contributed by atoms with van der Waals surface area (Å²) in [6.45, 7) is 6.47. The van der Waals surface area contributed by atoms with Crippen molar-refractivity contribution in [2.45, 2.75) is 13.8 Å². The highest BCUT2D eigenvalue weighted by molar-refractivity contribution is 5.71. The van der Waals surface area contributed by atoms with Crippen LogP contribution < -0.4 is 9.80 Å². The highest BCUT2D eigenvalue weighted by Gasteiger charge is 2.00. The first kappa shape index (κ1) is 16.2. The van der Waals surface area contributed by atoms with Gasteiger partial charge < -0.3 is 9.80 Å². The molecule has 116 valence electrons. The molecular weight excluding hydrogens is 268 g/mol. The fraction of sp³-hybridized carbons (Fsp3) is 0.300. The van der Waals surface area contributed by atoms with Crippen LogP contribution in [0.3, 0.4) is 0 Å². The van der Waals surface area contributed by atoms with Crippen molar-refractivity contribution in [3.63, 3.8) is 0 Å². The van der Waals surface area contributed by atoms with Gasteiger partial charge in [-0.1, -0.05) is 36.4 Å². The van der Waals surface area contributed by atoms with Crippen LogP contribution in [0.5, 0.6) is 0 Å². The summed E-state index contributed by atoms with van der Waals surface area (Å²) in [7, 11) is 4.12. The molecule has 0 atom stereocenters. The van der Waals surface area contributed by atoms with Crippen LogP contribution in [0.15, 0.2) is 48.5 Å². The third-order valence-corrected chi connectivity index (χ3v) is 3.90. The third-order valence-electron chi connectivity index (χ3n) is 3.90. The zero-order valence-corrected chi connectivity index (χ0v) is 14.1. The van der Waals surface area contributed by atoms with Gasteiger partial charge in [-0.25, -0.2) is 0 Å². The largest absolute Gasteiger partial charge is 0.378 e. The molecule has 0 N–H and O–H groups in total. The van der Waals surface area contributed by atoms with Crippen LogP contribution in [0.4, 0.5) is 11.4 Å². The van der Waals surface area contributed by atoms with Crippen molar-refractivity contribution in [3.8, 4) is 0 Å². The maximum Gasteiger partial charge on any atom is 0.0366 e.